The number of nitrogens with zero attached hydrogens (tertiary/aromatic N) is 2. The summed E-state index contributed by atoms with van der Waals surface area (Å²) in [5, 5.41) is 11.4. The smallest absolute Gasteiger partial charge is 0.325 e. The topological polar surface area (TPSA) is 82.4 Å². The third-order valence-electron chi connectivity index (χ3n) is 2.38. The SMILES string of the molecule is CCOC(=O)CNC(=O)N(C)c1ccccc1C#N. The zero-order valence-corrected chi connectivity index (χ0v) is 10.8. The molecule has 0 aliphatic carbocycles. The molecule has 0 saturated heterocycles. The molecule has 0 saturated carbocycles. The minimum Gasteiger partial charge on any atom is -0.465 e. The van der Waals surface area contributed by atoms with Gasteiger partial charge in [0.2, 0.25) is 0 Å². The van der Waals surface area contributed by atoms with Crippen molar-refractivity contribution in [1.82, 2.24) is 5.32 Å². The number of nitrogens with one attached hydrogen (secondary N) is 1. The Labute approximate surface area is 111 Å². The highest BCUT2D eigenvalue weighted by Crippen LogP contribution is 2.17. The summed E-state index contributed by atoms with van der Waals surface area (Å²) in [5.41, 5.74) is 0.864. The molecule has 0 radical (unpaired) electrons. The van der Waals surface area contributed by atoms with E-state index in [0.29, 0.717) is 11.3 Å². The van der Waals surface area contributed by atoms with Crippen LogP contribution in [0.2, 0.25) is 0 Å². The average molecular weight is 261 g/mol. The number of esters is 1. The maximum atomic E-state index is 11.8. The minimum absolute atomic E-state index is 0.203. The predicted octanol–water partition coefficient (Wildman–Crippen LogP) is 1.27. The number of hydrogen-bond donors (Lipinski definition) is 1. The molecule has 100 valence electrons. The number of carbonyl (C=O) groups excluding carboxylic acids is 2. The summed E-state index contributed by atoms with van der Waals surface area (Å²) in [6.45, 7) is 1.75. The fourth-order valence-electron chi connectivity index (χ4n) is 1.45. The van der Waals surface area contributed by atoms with Crippen molar-refractivity contribution < 1.29 is 14.3 Å². The molecule has 6 nitrogen and oxygen atoms in total. The summed E-state index contributed by atoms with van der Waals surface area (Å²) < 4.78 is 4.70. The fourth-order valence-corrected chi connectivity index (χ4v) is 1.45. The van der Waals surface area contributed by atoms with Gasteiger partial charge in [-0.05, 0) is 19.1 Å². The lowest BCUT2D eigenvalue weighted by Crippen LogP contribution is -2.40. The van der Waals surface area contributed by atoms with Crippen molar-refractivity contribution in [1.29, 1.82) is 5.26 Å². The maximum Gasteiger partial charge on any atom is 0.325 e. The molecule has 0 aromatic heterocycles. The van der Waals surface area contributed by atoms with Gasteiger partial charge in [0.15, 0.2) is 0 Å². The standard InChI is InChI=1S/C13H15N3O3/c1-3-19-12(17)9-15-13(18)16(2)11-7-5-4-6-10(11)8-14/h4-7H,3,9H2,1-2H3,(H,15,18). The Bertz CT molecular complexity index is 508. The van der Waals surface area contributed by atoms with E-state index >= 15 is 0 Å². The van der Waals surface area contributed by atoms with Crippen LogP contribution in [0.3, 0.4) is 0 Å². The molecule has 1 rings (SSSR count). The number of nitriles is 1. The van der Waals surface area contributed by atoms with Gasteiger partial charge in [0.1, 0.15) is 12.6 Å². The van der Waals surface area contributed by atoms with E-state index in [1.165, 1.54) is 11.9 Å². The Morgan fingerprint density at radius 2 is 2.11 bits per heavy atom. The van der Waals surface area contributed by atoms with Gasteiger partial charge in [0, 0.05) is 7.05 Å². The lowest BCUT2D eigenvalue weighted by Gasteiger charge is -2.18. The Balaban J connectivity index is 2.67. The summed E-state index contributed by atoms with van der Waals surface area (Å²) in [5.74, 6) is -0.502. The molecular weight excluding hydrogens is 246 g/mol. The monoisotopic (exact) mass is 261 g/mol. The number of hydrogen-bond acceptors (Lipinski definition) is 4. The van der Waals surface area contributed by atoms with Gasteiger partial charge in [0.25, 0.3) is 0 Å². The Kier molecular flexibility index (Phi) is 5.35. The molecule has 0 aliphatic rings. The first kappa shape index (κ1) is 14.5. The molecule has 1 N–H and O–H groups in total. The van der Waals surface area contributed by atoms with Gasteiger partial charge < -0.3 is 10.1 Å². The molecule has 0 bridgehead atoms. The molecule has 0 fully saturated rings. The number of carbonyl (C=O) groups is 2. The van der Waals surface area contributed by atoms with E-state index in [1.807, 2.05) is 6.07 Å². The number of amides is 2. The summed E-state index contributed by atoms with van der Waals surface area (Å²) in [7, 11) is 1.52. The largest absolute Gasteiger partial charge is 0.465 e. The normalized spacial score (nSPS) is 9.32. The highest BCUT2D eigenvalue weighted by atomic mass is 16.5. The third kappa shape index (κ3) is 4.00. The van der Waals surface area contributed by atoms with Gasteiger partial charge in [-0.25, -0.2) is 4.79 Å². The van der Waals surface area contributed by atoms with E-state index in [2.05, 4.69) is 5.32 Å². The van der Waals surface area contributed by atoms with E-state index in [9.17, 15) is 9.59 Å². The number of urea groups is 1. The van der Waals surface area contributed by atoms with E-state index in [4.69, 9.17) is 10.00 Å². The van der Waals surface area contributed by atoms with Crippen LogP contribution in [0.25, 0.3) is 0 Å². The van der Waals surface area contributed by atoms with Crippen LogP contribution in [-0.4, -0.2) is 32.2 Å². The number of para-hydroxylation sites is 1. The predicted molar refractivity (Wildman–Crippen MR) is 69.6 cm³/mol. The van der Waals surface area contributed by atoms with Crippen molar-refractivity contribution in [2.75, 3.05) is 25.1 Å². The van der Waals surface area contributed by atoms with Crippen LogP contribution >= 0.6 is 0 Å². The second kappa shape index (κ2) is 7.01. The summed E-state index contributed by atoms with van der Waals surface area (Å²) in [6, 6.07) is 8.24. The summed E-state index contributed by atoms with van der Waals surface area (Å²) >= 11 is 0. The van der Waals surface area contributed by atoms with Gasteiger partial charge in [0.05, 0.1) is 17.9 Å². The van der Waals surface area contributed by atoms with E-state index < -0.39 is 12.0 Å². The van der Waals surface area contributed by atoms with E-state index in [-0.39, 0.29) is 13.2 Å². The molecular formula is C13H15N3O3. The molecule has 0 heterocycles. The quantitative estimate of drug-likeness (QED) is 0.827. The number of anilines is 1. The molecule has 0 aliphatic heterocycles. The van der Waals surface area contributed by atoms with Crippen LogP contribution in [0.1, 0.15) is 12.5 Å². The van der Waals surface area contributed by atoms with Crippen molar-refractivity contribution >= 4 is 17.7 Å². The zero-order chi connectivity index (χ0) is 14.3. The average Bonchev–Trinajstić information content (AvgIpc) is 2.44. The Hall–Kier alpha value is -2.55. The Morgan fingerprint density at radius 3 is 2.74 bits per heavy atom. The summed E-state index contributed by atoms with van der Waals surface area (Å²) in [6.07, 6.45) is 0. The second-order valence-electron chi connectivity index (χ2n) is 3.65. The molecule has 19 heavy (non-hydrogen) atoms. The van der Waals surface area contributed by atoms with Gasteiger partial charge in [-0.2, -0.15) is 5.26 Å². The van der Waals surface area contributed by atoms with Gasteiger partial charge in [-0.15, -0.1) is 0 Å². The van der Waals surface area contributed by atoms with Crippen LogP contribution in [0.15, 0.2) is 24.3 Å². The molecule has 0 unspecified atom stereocenters. The number of rotatable bonds is 4. The van der Waals surface area contributed by atoms with Crippen LogP contribution in [0, 0.1) is 11.3 Å². The first-order chi connectivity index (χ1) is 9.10. The zero-order valence-electron chi connectivity index (χ0n) is 10.8. The maximum absolute atomic E-state index is 11.8. The van der Waals surface area contributed by atoms with Crippen LogP contribution in [-0.2, 0) is 9.53 Å². The molecule has 0 spiro atoms. The number of benzene rings is 1. The lowest BCUT2D eigenvalue weighted by atomic mass is 10.2. The van der Waals surface area contributed by atoms with Gasteiger partial charge in [-0.1, -0.05) is 12.1 Å². The molecule has 1 aromatic carbocycles. The lowest BCUT2D eigenvalue weighted by molar-refractivity contribution is -0.141. The third-order valence-corrected chi connectivity index (χ3v) is 2.38. The van der Waals surface area contributed by atoms with Crippen LogP contribution < -0.4 is 10.2 Å². The fraction of sp³-hybridized carbons (Fsp3) is 0.308. The van der Waals surface area contributed by atoms with Crippen LogP contribution in [0.4, 0.5) is 10.5 Å². The number of ether oxygens (including phenoxy) is 1. The van der Waals surface area contributed by atoms with E-state index in [1.54, 1.807) is 31.2 Å². The van der Waals surface area contributed by atoms with Crippen LogP contribution in [0.5, 0.6) is 0 Å². The first-order valence-corrected chi connectivity index (χ1v) is 5.76. The molecule has 6 heteroatoms. The second-order valence-corrected chi connectivity index (χ2v) is 3.65. The van der Waals surface area contributed by atoms with E-state index in [0.717, 1.165) is 0 Å². The highest BCUT2D eigenvalue weighted by Gasteiger charge is 2.14. The van der Waals surface area contributed by atoms with Crippen molar-refractivity contribution in [2.24, 2.45) is 0 Å². The minimum atomic E-state index is -0.502. The first-order valence-electron chi connectivity index (χ1n) is 5.76. The highest BCUT2D eigenvalue weighted by molar-refractivity contribution is 5.94. The molecule has 2 amide bonds. The van der Waals surface area contributed by atoms with Crippen molar-refractivity contribution in [3.05, 3.63) is 29.8 Å². The van der Waals surface area contributed by atoms with Crippen molar-refractivity contribution in [3.8, 4) is 6.07 Å². The van der Waals surface area contributed by atoms with Gasteiger partial charge >= 0.3 is 12.0 Å². The van der Waals surface area contributed by atoms with Crippen molar-refractivity contribution in [2.45, 2.75) is 6.92 Å². The van der Waals surface area contributed by atoms with Gasteiger partial charge in [-0.3, -0.25) is 9.69 Å². The molecule has 0 atom stereocenters. The Morgan fingerprint density at radius 1 is 1.42 bits per heavy atom. The molecule has 1 aromatic rings. The van der Waals surface area contributed by atoms with Crippen molar-refractivity contribution in [3.63, 3.8) is 0 Å². The summed E-state index contributed by atoms with van der Waals surface area (Å²) in [4.78, 5) is 24.2.